The van der Waals surface area contributed by atoms with Crippen LogP contribution in [0.15, 0.2) is 0 Å². The molecule has 1 heterocycles. The zero-order valence-corrected chi connectivity index (χ0v) is 7.11. The highest BCUT2D eigenvalue weighted by molar-refractivity contribution is 5.14. The van der Waals surface area contributed by atoms with E-state index in [1.807, 2.05) is 0 Å². The van der Waals surface area contributed by atoms with Crippen LogP contribution in [-0.4, -0.2) is 62.3 Å². The Balaban J connectivity index is 2.96. The Kier molecular flexibility index (Phi) is 3.06. The lowest BCUT2D eigenvalue weighted by molar-refractivity contribution is -0.306. The fourth-order valence-electron chi connectivity index (χ4n) is 1.28. The molecule has 0 aromatic carbocycles. The maximum atomic E-state index is 9.48. The van der Waals surface area contributed by atoms with Gasteiger partial charge in [-0.15, -0.1) is 0 Å². The third kappa shape index (κ3) is 1.48. The maximum Gasteiger partial charge on any atom is 0.210 e. The Morgan fingerprint density at radius 1 is 1.29 bits per heavy atom. The summed E-state index contributed by atoms with van der Waals surface area (Å²) in [5.41, 5.74) is -2.54. The molecule has 1 aliphatic rings. The van der Waals surface area contributed by atoms with E-state index in [1.54, 1.807) is 0 Å². The predicted octanol–water partition coefficient (Wildman–Crippen LogP) is -3.33. The zero-order chi connectivity index (χ0) is 10.9. The van der Waals surface area contributed by atoms with E-state index in [2.05, 4.69) is 4.74 Å². The summed E-state index contributed by atoms with van der Waals surface area (Å²) >= 11 is 0. The molecule has 0 bridgehead atoms. The van der Waals surface area contributed by atoms with E-state index in [4.69, 9.17) is 15.5 Å². The highest BCUT2D eigenvalue weighted by atomic mass is 16.6. The molecule has 0 saturated carbocycles. The van der Waals surface area contributed by atoms with Crippen LogP contribution < -0.4 is 0 Å². The van der Waals surface area contributed by atoms with Gasteiger partial charge in [0.1, 0.15) is 24.4 Å². The highest BCUT2D eigenvalue weighted by Gasteiger charge is 2.55. The molecule has 0 amide bonds. The van der Waals surface area contributed by atoms with Gasteiger partial charge >= 0.3 is 0 Å². The summed E-state index contributed by atoms with van der Waals surface area (Å²) in [4.78, 5) is 0. The second-order valence-electron chi connectivity index (χ2n) is 3.07. The SMILES string of the molecule is N#C[C@]1(O)[C@H](O)[C@@H](CO)OC(O)[C@@H]1O. The Morgan fingerprint density at radius 2 is 1.86 bits per heavy atom. The smallest absolute Gasteiger partial charge is 0.210 e. The lowest BCUT2D eigenvalue weighted by Crippen LogP contribution is -2.66. The van der Waals surface area contributed by atoms with Gasteiger partial charge in [-0.3, -0.25) is 0 Å². The van der Waals surface area contributed by atoms with Gasteiger partial charge in [0.25, 0.3) is 0 Å². The van der Waals surface area contributed by atoms with Gasteiger partial charge in [0.15, 0.2) is 6.29 Å². The molecule has 80 valence electrons. The van der Waals surface area contributed by atoms with Crippen LogP contribution in [-0.2, 0) is 4.74 Å². The minimum absolute atomic E-state index is 0.686. The third-order valence-electron chi connectivity index (χ3n) is 2.20. The van der Waals surface area contributed by atoms with E-state index < -0.39 is 36.8 Å². The highest BCUT2D eigenvalue weighted by Crippen LogP contribution is 2.28. The van der Waals surface area contributed by atoms with Crippen LogP contribution in [0, 0.1) is 11.3 Å². The molecule has 1 fully saturated rings. The Bertz CT molecular complexity index is 253. The minimum Gasteiger partial charge on any atom is -0.394 e. The fraction of sp³-hybridized carbons (Fsp3) is 0.857. The minimum atomic E-state index is -2.54. The van der Waals surface area contributed by atoms with E-state index in [9.17, 15) is 15.3 Å². The van der Waals surface area contributed by atoms with Crippen molar-refractivity contribution in [3.8, 4) is 6.07 Å². The molecule has 0 aliphatic carbocycles. The first-order valence-corrected chi connectivity index (χ1v) is 3.91. The van der Waals surface area contributed by atoms with E-state index >= 15 is 0 Å². The molecule has 7 nitrogen and oxygen atoms in total. The average molecular weight is 205 g/mol. The number of nitriles is 1. The molecule has 0 radical (unpaired) electrons. The van der Waals surface area contributed by atoms with Crippen molar-refractivity contribution in [3.05, 3.63) is 0 Å². The number of aliphatic hydroxyl groups excluding tert-OH is 4. The zero-order valence-electron chi connectivity index (χ0n) is 7.11. The van der Waals surface area contributed by atoms with Crippen molar-refractivity contribution in [3.63, 3.8) is 0 Å². The summed E-state index contributed by atoms with van der Waals surface area (Å²) in [6.45, 7) is -0.686. The van der Waals surface area contributed by atoms with Gasteiger partial charge in [0.05, 0.1) is 6.61 Å². The first kappa shape index (κ1) is 11.3. The number of hydrogen-bond donors (Lipinski definition) is 5. The summed E-state index contributed by atoms with van der Waals surface area (Å²) in [6, 6.07) is 1.28. The lowest BCUT2D eigenvalue weighted by Gasteiger charge is -2.42. The van der Waals surface area contributed by atoms with Gasteiger partial charge in [-0.25, -0.2) is 0 Å². The van der Waals surface area contributed by atoms with E-state index in [0.717, 1.165) is 0 Å². The molecular weight excluding hydrogens is 194 g/mol. The van der Waals surface area contributed by atoms with Crippen molar-refractivity contribution >= 4 is 0 Å². The first-order valence-electron chi connectivity index (χ1n) is 3.91. The van der Waals surface area contributed by atoms with Crippen molar-refractivity contribution in [2.24, 2.45) is 0 Å². The molecular formula is C7H11NO6. The summed E-state index contributed by atoms with van der Waals surface area (Å²) in [5, 5.41) is 54.3. The maximum absolute atomic E-state index is 9.48. The van der Waals surface area contributed by atoms with Crippen LogP contribution in [0.5, 0.6) is 0 Å². The molecule has 0 aromatic rings. The van der Waals surface area contributed by atoms with Gasteiger partial charge in [0, 0.05) is 0 Å². The summed E-state index contributed by atoms with van der Waals surface area (Å²) in [6.07, 6.45) is -6.85. The molecule has 1 unspecified atom stereocenters. The van der Waals surface area contributed by atoms with Crippen LogP contribution >= 0.6 is 0 Å². The molecule has 14 heavy (non-hydrogen) atoms. The predicted molar refractivity (Wildman–Crippen MR) is 40.5 cm³/mol. The van der Waals surface area contributed by atoms with Crippen LogP contribution in [0.3, 0.4) is 0 Å². The van der Waals surface area contributed by atoms with Crippen molar-refractivity contribution in [1.82, 2.24) is 0 Å². The fourth-order valence-corrected chi connectivity index (χ4v) is 1.28. The molecule has 7 heteroatoms. The lowest BCUT2D eigenvalue weighted by atomic mass is 9.85. The summed E-state index contributed by atoms with van der Waals surface area (Å²) < 4.78 is 4.55. The number of aliphatic hydroxyl groups is 5. The second kappa shape index (κ2) is 3.78. The van der Waals surface area contributed by atoms with Crippen LogP contribution in [0.1, 0.15) is 0 Å². The quantitative estimate of drug-likeness (QED) is 0.283. The second-order valence-corrected chi connectivity index (χ2v) is 3.07. The number of nitrogens with zero attached hydrogens (tertiary/aromatic N) is 1. The van der Waals surface area contributed by atoms with Crippen molar-refractivity contribution in [1.29, 1.82) is 5.26 Å². The van der Waals surface area contributed by atoms with Gasteiger partial charge in [0.2, 0.25) is 5.60 Å². The average Bonchev–Trinajstić information content (AvgIpc) is 2.20. The molecule has 5 N–H and O–H groups in total. The largest absolute Gasteiger partial charge is 0.394 e. The summed E-state index contributed by atoms with van der Waals surface area (Å²) in [5.74, 6) is 0. The van der Waals surface area contributed by atoms with Crippen LogP contribution in [0.2, 0.25) is 0 Å². The Hall–Kier alpha value is -0.750. The molecule has 0 spiro atoms. The topological polar surface area (TPSA) is 134 Å². The van der Waals surface area contributed by atoms with E-state index in [-0.39, 0.29) is 0 Å². The van der Waals surface area contributed by atoms with Crippen LogP contribution in [0.4, 0.5) is 0 Å². The first-order chi connectivity index (χ1) is 6.47. The van der Waals surface area contributed by atoms with Gasteiger partial charge in [-0.05, 0) is 0 Å². The third-order valence-corrected chi connectivity index (χ3v) is 2.20. The molecule has 5 atom stereocenters. The van der Waals surface area contributed by atoms with Crippen molar-refractivity contribution in [2.75, 3.05) is 6.61 Å². The van der Waals surface area contributed by atoms with E-state index in [1.165, 1.54) is 6.07 Å². The number of rotatable bonds is 1. The van der Waals surface area contributed by atoms with Crippen molar-refractivity contribution in [2.45, 2.75) is 30.2 Å². The summed E-state index contributed by atoms with van der Waals surface area (Å²) in [7, 11) is 0. The Labute approximate surface area is 79.4 Å². The standard InChI is InChI=1S/C7H11NO6/c8-2-7(13)4(10)3(1-9)14-6(12)5(7)11/h3-6,9-13H,1H2/t3-,4-,5+,6?,7+/m1/s1. The molecule has 1 rings (SSSR count). The number of hydrogen-bond acceptors (Lipinski definition) is 7. The van der Waals surface area contributed by atoms with Gasteiger partial charge in [-0.1, -0.05) is 0 Å². The number of ether oxygens (including phenoxy) is 1. The van der Waals surface area contributed by atoms with E-state index in [0.29, 0.717) is 0 Å². The van der Waals surface area contributed by atoms with Gasteiger partial charge < -0.3 is 30.3 Å². The monoisotopic (exact) mass is 205 g/mol. The molecule has 1 aliphatic heterocycles. The van der Waals surface area contributed by atoms with Crippen LogP contribution in [0.25, 0.3) is 0 Å². The van der Waals surface area contributed by atoms with Gasteiger partial charge in [-0.2, -0.15) is 5.26 Å². The molecule has 0 aromatic heterocycles. The van der Waals surface area contributed by atoms with Crippen molar-refractivity contribution < 1.29 is 30.3 Å². The normalized spacial score (nSPS) is 48.6. The molecule has 1 saturated heterocycles. The Morgan fingerprint density at radius 3 is 2.29 bits per heavy atom.